The minimum absolute atomic E-state index is 0. The van der Waals surface area contributed by atoms with Crippen LogP contribution in [-0.4, -0.2) is 20.4 Å². The molecule has 0 saturated carbocycles. The highest BCUT2D eigenvalue weighted by Gasteiger charge is 1.73. The van der Waals surface area contributed by atoms with Crippen LogP contribution < -0.4 is 5.32 Å². The van der Waals surface area contributed by atoms with Gasteiger partial charge in [-0.15, -0.1) is 6.58 Å². The Hall–Kier alpha value is -0.890. The van der Waals surface area contributed by atoms with Crippen molar-refractivity contribution in [3.8, 4) is 0 Å². The first-order valence-electron chi connectivity index (χ1n) is 8.87. The Kier molecular flexibility index (Phi) is 570. The molecule has 2 heteroatoms. The molecule has 0 fully saturated rings. The molecule has 0 aromatic heterocycles. The van der Waals surface area contributed by atoms with Gasteiger partial charge in [0.1, 0.15) is 6.29 Å². The Morgan fingerprint density at radius 3 is 0.870 bits per heavy atom. The molecule has 152 valence electrons. The van der Waals surface area contributed by atoms with Crippen molar-refractivity contribution in [1.29, 1.82) is 0 Å². The van der Waals surface area contributed by atoms with Crippen molar-refractivity contribution in [2.45, 2.75) is 90.5 Å². The van der Waals surface area contributed by atoms with Crippen molar-refractivity contribution in [3.05, 3.63) is 25.3 Å². The molecule has 0 aliphatic rings. The molecule has 1 N–H and O–H groups in total. The van der Waals surface area contributed by atoms with Gasteiger partial charge in [0.25, 0.3) is 0 Å². The van der Waals surface area contributed by atoms with E-state index in [4.69, 9.17) is 4.79 Å². The fourth-order valence-electron chi connectivity index (χ4n) is 0. The van der Waals surface area contributed by atoms with E-state index in [2.05, 4.69) is 32.3 Å². The third-order valence-corrected chi connectivity index (χ3v) is 0.568. The second-order valence-corrected chi connectivity index (χ2v) is 2.35. The van der Waals surface area contributed by atoms with Gasteiger partial charge in [-0.2, -0.15) is 0 Å². The standard InChI is InChI=1S/C5H10.C3H4O.C2H7N.5C2H6.CH4.H2/c1-4-5(2)3;1-2-3-4;1-3-2;5*1-2;;/h4-5H,1H2,2-3H3;2-3H,1H2;3H,1-2H3;5*1-2H3;1H4;1H. The second-order valence-electron chi connectivity index (χ2n) is 2.35. The highest BCUT2D eigenvalue weighted by Crippen LogP contribution is 1.87. The van der Waals surface area contributed by atoms with Crippen LogP contribution in [0.1, 0.15) is 91.9 Å². The third kappa shape index (κ3) is 1730. The van der Waals surface area contributed by atoms with E-state index in [9.17, 15) is 0 Å². The molecule has 0 radical (unpaired) electrons. The van der Waals surface area contributed by atoms with Crippen LogP contribution in [0.3, 0.4) is 0 Å². The van der Waals surface area contributed by atoms with Crippen LogP contribution >= 0.6 is 0 Å². The molecule has 0 aliphatic heterocycles. The van der Waals surface area contributed by atoms with Gasteiger partial charge in [-0.05, 0) is 26.1 Å². The predicted molar refractivity (Wildman–Crippen MR) is 122 cm³/mol. The van der Waals surface area contributed by atoms with E-state index in [1.54, 1.807) is 0 Å². The van der Waals surface area contributed by atoms with E-state index < -0.39 is 0 Å². The molecule has 2 nitrogen and oxygen atoms in total. The number of carbonyl (C=O) groups is 1. The van der Waals surface area contributed by atoms with Crippen LogP contribution in [0.15, 0.2) is 25.3 Å². The quantitative estimate of drug-likeness (QED) is 0.313. The molecule has 0 spiro atoms. The minimum atomic E-state index is 0. The molecule has 0 unspecified atom stereocenters. The summed E-state index contributed by atoms with van der Waals surface area (Å²) >= 11 is 0. The molecular weight excluding hydrogens is 282 g/mol. The Labute approximate surface area is 154 Å². The molecule has 23 heavy (non-hydrogen) atoms. The molecule has 0 rings (SSSR count). The van der Waals surface area contributed by atoms with Crippen molar-refractivity contribution in [1.82, 2.24) is 5.32 Å². The summed E-state index contributed by atoms with van der Waals surface area (Å²) in [6, 6.07) is 0. The molecule has 0 amide bonds. The summed E-state index contributed by atoms with van der Waals surface area (Å²) in [5.74, 6) is 0.648. The van der Waals surface area contributed by atoms with Crippen molar-refractivity contribution >= 4 is 6.29 Å². The van der Waals surface area contributed by atoms with Gasteiger partial charge in [0.05, 0.1) is 0 Å². The lowest BCUT2D eigenvalue weighted by Gasteiger charge is -1.84. The number of aldehydes is 1. The molecular formula is C21H57NO. The van der Waals surface area contributed by atoms with Gasteiger partial charge in [0.2, 0.25) is 0 Å². The lowest BCUT2D eigenvalue weighted by Crippen LogP contribution is -1.89. The maximum atomic E-state index is 9.06. The van der Waals surface area contributed by atoms with Gasteiger partial charge in [0, 0.05) is 1.43 Å². The number of nitrogens with one attached hydrogen (secondary N) is 1. The van der Waals surface area contributed by atoms with Crippen molar-refractivity contribution in [3.63, 3.8) is 0 Å². The van der Waals surface area contributed by atoms with Gasteiger partial charge < -0.3 is 5.32 Å². The van der Waals surface area contributed by atoms with Crippen molar-refractivity contribution in [2.24, 2.45) is 5.92 Å². The number of carbonyl (C=O) groups excluding carboxylic acids is 1. The highest BCUT2D eigenvalue weighted by atomic mass is 16.1. The average molecular weight is 340 g/mol. The highest BCUT2D eigenvalue weighted by molar-refractivity contribution is 5.63. The largest absolute Gasteiger partial charge is 0.323 e. The zero-order valence-electron chi connectivity index (χ0n) is 18.6. The van der Waals surface area contributed by atoms with Gasteiger partial charge >= 0.3 is 0 Å². The number of hydrogen-bond acceptors (Lipinski definition) is 2. The molecule has 0 aromatic rings. The fourth-order valence-corrected chi connectivity index (χ4v) is 0. The first-order valence-corrected chi connectivity index (χ1v) is 8.87. The fraction of sp³-hybridized carbons (Fsp3) is 0.762. The number of rotatable bonds is 2. The van der Waals surface area contributed by atoms with Crippen molar-refractivity contribution < 1.29 is 6.22 Å². The van der Waals surface area contributed by atoms with E-state index in [0.717, 1.165) is 0 Å². The first kappa shape index (κ1) is 57.3. The SMILES string of the molecule is C.C=CC(C)C.C=CC=O.CC.CC.CC.CC.CC.CNC.[HH]. The normalized spacial score (nSPS) is 4.83. The lowest BCUT2D eigenvalue weighted by molar-refractivity contribution is -0.104. The van der Waals surface area contributed by atoms with Gasteiger partial charge in [-0.25, -0.2) is 0 Å². The number of hydrogen-bond donors (Lipinski definition) is 1. The van der Waals surface area contributed by atoms with Crippen LogP contribution in [0.5, 0.6) is 0 Å². The smallest absolute Gasteiger partial charge is 0.142 e. The maximum Gasteiger partial charge on any atom is 0.142 e. The summed E-state index contributed by atoms with van der Waals surface area (Å²) in [7, 11) is 3.75. The minimum Gasteiger partial charge on any atom is -0.323 e. The molecule has 0 heterocycles. The molecule has 0 aromatic carbocycles. The summed E-state index contributed by atoms with van der Waals surface area (Å²) in [5.41, 5.74) is 0. The van der Waals surface area contributed by atoms with Gasteiger partial charge in [-0.3, -0.25) is 4.79 Å². The second kappa shape index (κ2) is 229. The number of allylic oxidation sites excluding steroid dienone is 2. The van der Waals surface area contributed by atoms with Gasteiger partial charge in [0.15, 0.2) is 0 Å². The molecule has 0 atom stereocenters. The average Bonchev–Trinajstić information content (AvgIpc) is 2.64. The first-order chi connectivity index (χ1) is 10.6. The van der Waals surface area contributed by atoms with Crippen LogP contribution in [-0.2, 0) is 4.79 Å². The Bertz CT molecular complexity index is 100. The summed E-state index contributed by atoms with van der Waals surface area (Å²) in [4.78, 5) is 9.06. The predicted octanol–water partition coefficient (Wildman–Crippen LogP) is 8.05. The van der Waals surface area contributed by atoms with E-state index in [1.807, 2.05) is 89.4 Å². The van der Waals surface area contributed by atoms with E-state index >= 15 is 0 Å². The Balaban J connectivity index is -0.0000000120. The molecule has 0 saturated heterocycles. The summed E-state index contributed by atoms with van der Waals surface area (Å²) in [5, 5.41) is 2.75. The third-order valence-electron chi connectivity index (χ3n) is 0.568. The van der Waals surface area contributed by atoms with Gasteiger partial charge in [-0.1, -0.05) is 103 Å². The van der Waals surface area contributed by atoms with Crippen LogP contribution in [0.4, 0.5) is 0 Å². The monoisotopic (exact) mass is 339 g/mol. The summed E-state index contributed by atoms with van der Waals surface area (Å²) in [6.07, 6.45) is 3.75. The topological polar surface area (TPSA) is 29.1 Å². The summed E-state index contributed by atoms with van der Waals surface area (Å²) in [6.45, 7) is 30.9. The Morgan fingerprint density at radius 2 is 0.870 bits per heavy atom. The zero-order valence-corrected chi connectivity index (χ0v) is 18.6. The summed E-state index contributed by atoms with van der Waals surface area (Å²) < 4.78 is 0. The van der Waals surface area contributed by atoms with Crippen LogP contribution in [0, 0.1) is 5.92 Å². The lowest BCUT2D eigenvalue weighted by atomic mass is 10.2. The van der Waals surface area contributed by atoms with Crippen molar-refractivity contribution in [2.75, 3.05) is 14.1 Å². The van der Waals surface area contributed by atoms with E-state index in [1.165, 1.54) is 6.08 Å². The van der Waals surface area contributed by atoms with Crippen LogP contribution in [0.25, 0.3) is 0 Å². The zero-order chi connectivity index (χ0) is 20.4. The van der Waals surface area contributed by atoms with Crippen LogP contribution in [0.2, 0.25) is 0 Å². The molecule has 0 bridgehead atoms. The van der Waals surface area contributed by atoms with E-state index in [0.29, 0.717) is 12.2 Å². The maximum absolute atomic E-state index is 9.06. The van der Waals surface area contributed by atoms with E-state index in [-0.39, 0.29) is 8.85 Å². The molecule has 0 aliphatic carbocycles. The Morgan fingerprint density at radius 1 is 0.783 bits per heavy atom.